The number of carbonyl (C=O) groups is 3. The van der Waals surface area contributed by atoms with Gasteiger partial charge in [0.1, 0.15) is 30.3 Å². The van der Waals surface area contributed by atoms with Crippen molar-refractivity contribution in [1.82, 2.24) is 5.32 Å². The molecule has 0 unspecified atom stereocenters. The summed E-state index contributed by atoms with van der Waals surface area (Å²) in [6.45, 7) is 5.55. The molecule has 0 spiro atoms. The SMILES string of the molecule is CC(=O)c1ccc2c(c1)[C@H](NC(=O)c1ccc(F)c(Cl)c1)[C@H](OC(=O)OCC[N+](C)(C)C)C(C)(C)O2.[I-]. The summed E-state index contributed by atoms with van der Waals surface area (Å²) < 4.78 is 31.3. The molecule has 3 rings (SSSR count). The van der Waals surface area contributed by atoms with Crippen LogP contribution in [0.15, 0.2) is 36.4 Å². The summed E-state index contributed by atoms with van der Waals surface area (Å²) >= 11 is 5.86. The maximum absolute atomic E-state index is 13.6. The van der Waals surface area contributed by atoms with E-state index in [-0.39, 0.29) is 47.0 Å². The highest BCUT2D eigenvalue weighted by atomic mass is 127. The topological polar surface area (TPSA) is 90.9 Å². The van der Waals surface area contributed by atoms with Crippen LogP contribution in [0.4, 0.5) is 9.18 Å². The summed E-state index contributed by atoms with van der Waals surface area (Å²) in [6.07, 6.45) is -1.94. The van der Waals surface area contributed by atoms with Gasteiger partial charge in [-0.1, -0.05) is 11.6 Å². The fourth-order valence-corrected chi connectivity index (χ4v) is 3.96. The summed E-state index contributed by atoms with van der Waals surface area (Å²) in [5.41, 5.74) is -0.125. The van der Waals surface area contributed by atoms with Crippen molar-refractivity contribution in [2.75, 3.05) is 34.3 Å². The molecule has 0 saturated carbocycles. The zero-order chi connectivity index (χ0) is 26.8. The zero-order valence-corrected chi connectivity index (χ0v) is 24.5. The van der Waals surface area contributed by atoms with E-state index in [1.165, 1.54) is 19.1 Å². The van der Waals surface area contributed by atoms with E-state index in [1.54, 1.807) is 32.0 Å². The predicted molar refractivity (Wildman–Crippen MR) is 132 cm³/mol. The first-order valence-electron chi connectivity index (χ1n) is 11.4. The maximum atomic E-state index is 13.6. The second-order valence-electron chi connectivity index (χ2n) is 10.2. The molecule has 0 saturated heterocycles. The third kappa shape index (κ3) is 7.78. The van der Waals surface area contributed by atoms with Gasteiger partial charge in [0, 0.05) is 16.7 Å². The van der Waals surface area contributed by atoms with E-state index < -0.39 is 35.6 Å². The van der Waals surface area contributed by atoms with Crippen molar-refractivity contribution < 1.29 is 61.4 Å². The van der Waals surface area contributed by atoms with Gasteiger partial charge in [0.2, 0.25) is 0 Å². The van der Waals surface area contributed by atoms with Gasteiger partial charge in [-0.3, -0.25) is 9.59 Å². The van der Waals surface area contributed by atoms with Crippen LogP contribution < -0.4 is 34.0 Å². The van der Waals surface area contributed by atoms with Crippen LogP contribution in [0.1, 0.15) is 53.1 Å². The first kappa shape index (κ1) is 30.8. The number of amides is 1. The van der Waals surface area contributed by atoms with Gasteiger partial charge in [0.25, 0.3) is 5.91 Å². The summed E-state index contributed by atoms with van der Waals surface area (Å²) in [5.74, 6) is -0.999. The van der Waals surface area contributed by atoms with Crippen molar-refractivity contribution in [3.63, 3.8) is 0 Å². The number of hydrogen-bond donors (Lipinski definition) is 1. The Hall–Kier alpha value is -2.44. The van der Waals surface area contributed by atoms with Gasteiger partial charge in [-0.15, -0.1) is 0 Å². The molecular weight excluding hydrogens is 618 g/mol. The van der Waals surface area contributed by atoms with E-state index in [0.717, 1.165) is 6.07 Å². The number of nitrogens with one attached hydrogen (secondary N) is 1. The Kier molecular flexibility index (Phi) is 9.94. The summed E-state index contributed by atoms with van der Waals surface area (Å²) in [6, 6.07) is 7.53. The van der Waals surface area contributed by atoms with E-state index >= 15 is 0 Å². The normalized spacial score (nSPS) is 17.9. The van der Waals surface area contributed by atoms with Crippen LogP contribution in [-0.2, 0) is 9.47 Å². The molecule has 2 aromatic rings. The number of nitrogens with zero attached hydrogens (tertiary/aromatic N) is 1. The molecule has 2 aromatic carbocycles. The maximum Gasteiger partial charge on any atom is 0.508 e. The molecule has 0 aromatic heterocycles. The lowest BCUT2D eigenvalue weighted by Crippen LogP contribution is -3.00. The van der Waals surface area contributed by atoms with Crippen molar-refractivity contribution >= 4 is 29.4 Å². The monoisotopic (exact) mass is 648 g/mol. The number of ketones is 1. The highest BCUT2D eigenvalue weighted by Crippen LogP contribution is 2.42. The van der Waals surface area contributed by atoms with Crippen LogP contribution in [-0.4, -0.2) is 68.3 Å². The molecule has 8 nitrogen and oxygen atoms in total. The summed E-state index contributed by atoms with van der Waals surface area (Å²) in [4.78, 5) is 37.8. The van der Waals surface area contributed by atoms with E-state index in [0.29, 0.717) is 27.9 Å². The van der Waals surface area contributed by atoms with E-state index in [4.69, 9.17) is 25.8 Å². The van der Waals surface area contributed by atoms with E-state index in [1.807, 2.05) is 21.1 Å². The highest BCUT2D eigenvalue weighted by Gasteiger charge is 2.48. The lowest BCUT2D eigenvalue weighted by molar-refractivity contribution is -0.870. The number of benzene rings is 2. The quantitative estimate of drug-likeness (QED) is 0.212. The first-order chi connectivity index (χ1) is 16.7. The summed E-state index contributed by atoms with van der Waals surface area (Å²) in [5, 5.41) is 2.64. The van der Waals surface area contributed by atoms with Crippen LogP contribution in [0, 0.1) is 5.82 Å². The van der Waals surface area contributed by atoms with Gasteiger partial charge in [-0.25, -0.2) is 9.18 Å². The number of carbonyl (C=O) groups excluding carboxylic acids is 3. The molecule has 0 fully saturated rings. The lowest BCUT2D eigenvalue weighted by atomic mass is 9.85. The van der Waals surface area contributed by atoms with E-state index in [2.05, 4.69) is 5.32 Å². The second-order valence-corrected chi connectivity index (χ2v) is 10.7. The van der Waals surface area contributed by atoms with Gasteiger partial charge in [0.15, 0.2) is 11.9 Å². The average Bonchev–Trinajstić information content (AvgIpc) is 2.76. The third-order valence-corrected chi connectivity index (χ3v) is 6.08. The molecule has 2 atom stereocenters. The van der Waals surface area contributed by atoms with Gasteiger partial charge >= 0.3 is 6.16 Å². The molecule has 1 N–H and O–H groups in total. The Morgan fingerprint density at radius 3 is 2.35 bits per heavy atom. The fourth-order valence-electron chi connectivity index (χ4n) is 3.78. The number of fused-ring (bicyclic) bond motifs is 1. The van der Waals surface area contributed by atoms with Crippen molar-refractivity contribution in [3.8, 4) is 5.75 Å². The lowest BCUT2D eigenvalue weighted by Gasteiger charge is -2.44. The summed E-state index contributed by atoms with van der Waals surface area (Å²) in [7, 11) is 5.89. The Morgan fingerprint density at radius 2 is 1.76 bits per heavy atom. The van der Waals surface area contributed by atoms with Gasteiger partial charge in [-0.05, 0) is 57.2 Å². The molecule has 11 heteroatoms. The zero-order valence-electron chi connectivity index (χ0n) is 21.6. The van der Waals surface area contributed by atoms with Gasteiger partial charge in [-0.2, -0.15) is 0 Å². The molecule has 0 bridgehead atoms. The minimum atomic E-state index is -1.08. The molecule has 1 amide bonds. The number of rotatable bonds is 7. The molecule has 0 aliphatic carbocycles. The van der Waals surface area contributed by atoms with Crippen molar-refractivity contribution in [3.05, 3.63) is 63.9 Å². The highest BCUT2D eigenvalue weighted by molar-refractivity contribution is 6.31. The minimum absolute atomic E-state index is 0. The Balaban J connectivity index is 0.00000481. The minimum Gasteiger partial charge on any atom is -1.00 e. The average molecular weight is 649 g/mol. The van der Waals surface area contributed by atoms with Crippen LogP contribution in [0.5, 0.6) is 5.75 Å². The third-order valence-electron chi connectivity index (χ3n) is 5.79. The molecular formula is C26H31ClFIN2O6. The Labute approximate surface area is 238 Å². The van der Waals surface area contributed by atoms with Crippen LogP contribution in [0.25, 0.3) is 0 Å². The molecule has 1 heterocycles. The van der Waals surface area contributed by atoms with Gasteiger partial charge in [0.05, 0.1) is 32.2 Å². The van der Waals surface area contributed by atoms with Crippen LogP contribution in [0.3, 0.4) is 0 Å². The number of Topliss-reactive ketones (excluding diaryl/α,β-unsaturated/α-hetero) is 1. The standard InChI is InChI=1S/C26H30ClFN2O6.HI/c1-15(31)16-8-10-21-18(13-16)22(29-24(32)17-7-9-20(28)19(27)14-17)23(26(2,3)36-21)35-25(33)34-12-11-30(4,5)6;/h7-10,13-14,22-23H,11-12H2,1-6H3;1H/t22-,23-;/m0./s1. The smallest absolute Gasteiger partial charge is 0.508 e. The largest absolute Gasteiger partial charge is 1.00 e. The van der Waals surface area contributed by atoms with Crippen LogP contribution >= 0.6 is 11.6 Å². The van der Waals surface area contributed by atoms with Crippen molar-refractivity contribution in [2.45, 2.75) is 38.5 Å². The second kappa shape index (κ2) is 12.0. The molecule has 1 aliphatic heterocycles. The Bertz CT molecular complexity index is 1180. The molecule has 0 radical (unpaired) electrons. The predicted octanol–water partition coefficient (Wildman–Crippen LogP) is 1.56. The number of likely N-dealkylation sites (N-methyl/N-ethyl adjacent to an activating group) is 1. The fraction of sp³-hybridized carbons (Fsp3) is 0.423. The van der Waals surface area contributed by atoms with Gasteiger partial charge < -0.3 is 48.0 Å². The van der Waals surface area contributed by atoms with Crippen molar-refractivity contribution in [1.29, 1.82) is 0 Å². The van der Waals surface area contributed by atoms with E-state index in [9.17, 15) is 18.8 Å². The number of ether oxygens (including phenoxy) is 3. The molecule has 202 valence electrons. The van der Waals surface area contributed by atoms with Crippen molar-refractivity contribution in [2.24, 2.45) is 0 Å². The molecule has 1 aliphatic rings. The van der Waals surface area contributed by atoms with Crippen LogP contribution in [0.2, 0.25) is 5.02 Å². The number of quaternary nitrogens is 1. The molecule has 37 heavy (non-hydrogen) atoms. The first-order valence-corrected chi connectivity index (χ1v) is 11.8. The Morgan fingerprint density at radius 1 is 1.11 bits per heavy atom. The number of halogens is 3. The number of hydrogen-bond acceptors (Lipinski definition) is 6.